The van der Waals surface area contributed by atoms with Gasteiger partial charge in [0.15, 0.2) is 0 Å². The van der Waals surface area contributed by atoms with Crippen LogP contribution in [0.4, 0.5) is 5.82 Å². The maximum atomic E-state index is 12.9. The summed E-state index contributed by atoms with van der Waals surface area (Å²) in [4.78, 5) is 20.2. The summed E-state index contributed by atoms with van der Waals surface area (Å²) in [7, 11) is -1.84. The number of carbonyl (C=O) groups is 1. The minimum absolute atomic E-state index is 0.0307. The van der Waals surface area contributed by atoms with Crippen LogP contribution in [0, 0.1) is 5.92 Å². The molecule has 190 valence electrons. The summed E-state index contributed by atoms with van der Waals surface area (Å²) in [5.74, 6) is 1.47. The van der Waals surface area contributed by atoms with Crippen LogP contribution in [-0.2, 0) is 21.4 Å². The predicted octanol–water partition coefficient (Wildman–Crippen LogP) is 3.56. The zero-order valence-electron chi connectivity index (χ0n) is 20.5. The molecule has 3 heterocycles. The Labute approximate surface area is 212 Å². The second-order valence-corrected chi connectivity index (χ2v) is 11.4. The van der Waals surface area contributed by atoms with Gasteiger partial charge in [-0.15, -0.1) is 0 Å². The molecule has 0 bridgehead atoms. The van der Waals surface area contributed by atoms with Crippen molar-refractivity contribution in [3.8, 4) is 5.75 Å². The van der Waals surface area contributed by atoms with Gasteiger partial charge in [0.25, 0.3) is 0 Å². The lowest BCUT2D eigenvalue weighted by atomic mass is 9.97. The fourth-order valence-corrected chi connectivity index (χ4v) is 6.63. The van der Waals surface area contributed by atoms with Crippen LogP contribution in [0.2, 0.25) is 0 Å². The summed E-state index contributed by atoms with van der Waals surface area (Å²) in [6.45, 7) is 3.02. The zero-order valence-corrected chi connectivity index (χ0v) is 21.3. The van der Waals surface area contributed by atoms with E-state index in [1.165, 1.54) is 0 Å². The average Bonchev–Trinajstić information content (AvgIpc) is 3.47. The standard InChI is InChI=1S/C27H32N4O4S/c1-35-25-9-3-2-7-21(25)18-28-27(32)22-8-6-14-30(19-22)26-13-10-20-17-23(11-12-24(20)29-26)36(33,34)31-15-4-5-16-31/h2-3,7,9-13,17,22H,4-6,8,14-16,18-19H2,1H3,(H,28,32)/t22-/m1/s1. The lowest BCUT2D eigenvalue weighted by Gasteiger charge is -2.33. The van der Waals surface area contributed by atoms with Crippen LogP contribution in [0.25, 0.3) is 10.9 Å². The third kappa shape index (κ3) is 5.03. The van der Waals surface area contributed by atoms with E-state index in [0.717, 1.165) is 60.3 Å². The fourth-order valence-electron chi connectivity index (χ4n) is 5.08. The molecule has 36 heavy (non-hydrogen) atoms. The van der Waals surface area contributed by atoms with Crippen LogP contribution in [0.5, 0.6) is 5.75 Å². The minimum atomic E-state index is -3.46. The molecule has 3 aromatic rings. The van der Waals surface area contributed by atoms with Gasteiger partial charge in [-0.25, -0.2) is 13.4 Å². The Balaban J connectivity index is 1.27. The van der Waals surface area contributed by atoms with Crippen LogP contribution in [0.15, 0.2) is 59.5 Å². The molecule has 8 nitrogen and oxygen atoms in total. The SMILES string of the molecule is COc1ccccc1CNC(=O)[C@@H]1CCCN(c2ccc3cc(S(=O)(=O)N4CCCC4)ccc3n2)C1. The minimum Gasteiger partial charge on any atom is -0.496 e. The van der Waals surface area contributed by atoms with Gasteiger partial charge in [-0.1, -0.05) is 18.2 Å². The van der Waals surface area contributed by atoms with E-state index in [-0.39, 0.29) is 11.8 Å². The Kier molecular flexibility index (Phi) is 7.11. The molecule has 9 heteroatoms. The van der Waals surface area contributed by atoms with E-state index in [9.17, 15) is 13.2 Å². The number of hydrogen-bond donors (Lipinski definition) is 1. The first kappa shape index (κ1) is 24.5. The quantitative estimate of drug-likeness (QED) is 0.525. The van der Waals surface area contributed by atoms with E-state index in [2.05, 4.69) is 10.2 Å². The number of nitrogens with one attached hydrogen (secondary N) is 1. The second kappa shape index (κ2) is 10.4. The van der Waals surface area contributed by atoms with Crippen molar-refractivity contribution in [1.29, 1.82) is 0 Å². The maximum Gasteiger partial charge on any atom is 0.243 e. The molecule has 2 aliphatic heterocycles. The summed E-state index contributed by atoms with van der Waals surface area (Å²) in [6, 6.07) is 16.7. The first-order valence-corrected chi connectivity index (χ1v) is 14.0. The molecule has 0 saturated carbocycles. The Hall–Kier alpha value is -3.17. The summed E-state index contributed by atoms with van der Waals surface area (Å²) in [5.41, 5.74) is 1.69. The molecule has 1 atom stereocenters. The van der Waals surface area contributed by atoms with Gasteiger partial charge in [0.05, 0.1) is 23.4 Å². The van der Waals surface area contributed by atoms with Gasteiger partial charge in [-0.05, 0) is 62.1 Å². The van der Waals surface area contributed by atoms with Crippen LogP contribution < -0.4 is 15.0 Å². The normalized spacial score (nSPS) is 18.9. The highest BCUT2D eigenvalue weighted by Gasteiger charge is 2.28. The maximum absolute atomic E-state index is 12.9. The average molecular weight is 509 g/mol. The van der Waals surface area contributed by atoms with Crippen molar-refractivity contribution in [2.75, 3.05) is 38.2 Å². The molecule has 5 rings (SSSR count). The molecule has 2 aromatic carbocycles. The Morgan fingerprint density at radius 3 is 2.67 bits per heavy atom. The van der Waals surface area contributed by atoms with Crippen molar-refractivity contribution in [3.05, 3.63) is 60.2 Å². The third-order valence-corrected chi connectivity index (χ3v) is 9.01. The number of hydrogen-bond acceptors (Lipinski definition) is 6. The Morgan fingerprint density at radius 2 is 1.86 bits per heavy atom. The number of ether oxygens (including phenoxy) is 1. The largest absolute Gasteiger partial charge is 0.496 e. The predicted molar refractivity (Wildman–Crippen MR) is 140 cm³/mol. The molecule has 1 amide bonds. The number of pyridine rings is 1. The van der Waals surface area contributed by atoms with Gasteiger partial charge < -0.3 is 15.0 Å². The molecule has 2 saturated heterocycles. The summed E-state index contributed by atoms with van der Waals surface area (Å²) in [5, 5.41) is 3.86. The first-order chi connectivity index (χ1) is 17.5. The number of fused-ring (bicyclic) bond motifs is 1. The number of sulfonamides is 1. The number of piperidine rings is 1. The molecule has 0 radical (unpaired) electrons. The van der Waals surface area contributed by atoms with E-state index in [0.29, 0.717) is 31.1 Å². The zero-order chi connectivity index (χ0) is 25.1. The second-order valence-electron chi connectivity index (χ2n) is 9.45. The van der Waals surface area contributed by atoms with Crippen molar-refractivity contribution < 1.29 is 17.9 Å². The van der Waals surface area contributed by atoms with Gasteiger partial charge in [0.2, 0.25) is 15.9 Å². The molecular formula is C27H32N4O4S. The molecule has 0 aliphatic carbocycles. The van der Waals surface area contributed by atoms with E-state index < -0.39 is 10.0 Å². The van der Waals surface area contributed by atoms with Gasteiger partial charge in [0, 0.05) is 43.7 Å². The lowest BCUT2D eigenvalue weighted by molar-refractivity contribution is -0.125. The molecule has 2 aliphatic rings. The van der Waals surface area contributed by atoms with Crippen LogP contribution in [0.1, 0.15) is 31.2 Å². The summed E-state index contributed by atoms with van der Waals surface area (Å²) >= 11 is 0. The van der Waals surface area contributed by atoms with Crippen molar-refractivity contribution in [1.82, 2.24) is 14.6 Å². The van der Waals surface area contributed by atoms with Crippen molar-refractivity contribution in [2.24, 2.45) is 5.92 Å². The monoisotopic (exact) mass is 508 g/mol. The molecule has 0 spiro atoms. The van der Waals surface area contributed by atoms with E-state index in [4.69, 9.17) is 9.72 Å². The number of aromatic nitrogens is 1. The number of nitrogens with zero attached hydrogens (tertiary/aromatic N) is 3. The Morgan fingerprint density at radius 1 is 1.06 bits per heavy atom. The van der Waals surface area contributed by atoms with Gasteiger partial charge in [-0.2, -0.15) is 4.31 Å². The number of para-hydroxylation sites is 1. The van der Waals surface area contributed by atoms with Gasteiger partial charge in [0.1, 0.15) is 11.6 Å². The number of carbonyl (C=O) groups excluding carboxylic acids is 1. The van der Waals surface area contributed by atoms with Gasteiger partial charge in [-0.3, -0.25) is 4.79 Å². The number of rotatable bonds is 7. The highest BCUT2D eigenvalue weighted by atomic mass is 32.2. The number of methoxy groups -OCH3 is 1. The Bertz CT molecular complexity index is 1350. The van der Waals surface area contributed by atoms with E-state index >= 15 is 0 Å². The first-order valence-electron chi connectivity index (χ1n) is 12.5. The van der Waals surface area contributed by atoms with Crippen molar-refractivity contribution in [3.63, 3.8) is 0 Å². The lowest BCUT2D eigenvalue weighted by Crippen LogP contribution is -2.43. The number of benzene rings is 2. The number of anilines is 1. The van der Waals surface area contributed by atoms with Crippen molar-refractivity contribution >= 4 is 32.7 Å². The van der Waals surface area contributed by atoms with Gasteiger partial charge >= 0.3 is 0 Å². The fraction of sp³-hybridized carbons (Fsp3) is 0.407. The van der Waals surface area contributed by atoms with Crippen LogP contribution in [-0.4, -0.2) is 56.9 Å². The highest BCUT2D eigenvalue weighted by molar-refractivity contribution is 7.89. The third-order valence-electron chi connectivity index (χ3n) is 7.11. The van der Waals surface area contributed by atoms with Crippen LogP contribution in [0.3, 0.4) is 0 Å². The number of amides is 1. The van der Waals surface area contributed by atoms with E-state index in [1.807, 2.05) is 36.4 Å². The smallest absolute Gasteiger partial charge is 0.243 e. The summed E-state index contributed by atoms with van der Waals surface area (Å²) < 4.78 is 32.8. The molecule has 2 fully saturated rings. The molecule has 1 N–H and O–H groups in total. The molecular weight excluding hydrogens is 476 g/mol. The molecule has 1 aromatic heterocycles. The van der Waals surface area contributed by atoms with Crippen LogP contribution >= 0.6 is 0 Å². The highest BCUT2D eigenvalue weighted by Crippen LogP contribution is 2.27. The van der Waals surface area contributed by atoms with E-state index in [1.54, 1.807) is 29.6 Å². The molecule has 0 unspecified atom stereocenters. The summed E-state index contributed by atoms with van der Waals surface area (Å²) in [6.07, 6.45) is 3.55. The van der Waals surface area contributed by atoms with Crippen molar-refractivity contribution in [2.45, 2.75) is 37.1 Å². The topological polar surface area (TPSA) is 91.8 Å².